The second-order valence-electron chi connectivity index (χ2n) is 9.86. The van der Waals surface area contributed by atoms with E-state index >= 15 is 0 Å². The van der Waals surface area contributed by atoms with Gasteiger partial charge in [-0.25, -0.2) is 0 Å². The largest absolute Gasteiger partial charge is 0.329 e. The van der Waals surface area contributed by atoms with Crippen molar-refractivity contribution >= 4 is 0 Å². The first-order valence-electron chi connectivity index (χ1n) is 14.8. The van der Waals surface area contributed by atoms with E-state index in [-0.39, 0.29) is 0 Å². The Labute approximate surface area is 233 Å². The molecule has 0 saturated heterocycles. The molecule has 0 heterocycles. The molecule has 0 aromatic rings. The van der Waals surface area contributed by atoms with Crippen molar-refractivity contribution < 1.29 is 0 Å². The van der Waals surface area contributed by atoms with Crippen LogP contribution in [-0.2, 0) is 0 Å². The second-order valence-corrected chi connectivity index (χ2v) is 9.86. The number of nitrogens with two attached hydrogens (primary N) is 7. The first-order valence-corrected chi connectivity index (χ1v) is 14.8. The Kier molecular flexibility index (Phi) is 27.6. The third-order valence-corrected chi connectivity index (χ3v) is 6.81. The van der Waals surface area contributed by atoms with E-state index < -0.39 is 0 Å². The van der Waals surface area contributed by atoms with Crippen LogP contribution in [0.2, 0.25) is 0 Å². The minimum atomic E-state index is 0.538. The van der Waals surface area contributed by atoms with E-state index in [0.29, 0.717) is 45.9 Å². The lowest BCUT2D eigenvalue weighted by Gasteiger charge is -2.30. The van der Waals surface area contributed by atoms with E-state index in [1.807, 2.05) is 0 Å². The van der Waals surface area contributed by atoms with E-state index in [4.69, 9.17) is 40.1 Å². The molecule has 0 aromatic heterocycles. The van der Waals surface area contributed by atoms with Gasteiger partial charge in [-0.3, -0.25) is 14.7 Å². The lowest BCUT2D eigenvalue weighted by atomic mass is 10.2. The van der Waals surface area contributed by atoms with Crippen LogP contribution in [0.25, 0.3) is 0 Å². The molecule has 230 valence electrons. The summed E-state index contributed by atoms with van der Waals surface area (Å²) in [6.45, 7) is 19.7. The smallest absolute Gasteiger partial charge is 0.0456 e. The lowest BCUT2D eigenvalue weighted by molar-refractivity contribution is 0.173. The molecular weight excluding hydrogens is 482 g/mol. The Morgan fingerprint density at radius 3 is 1.03 bits per heavy atom. The summed E-state index contributed by atoms with van der Waals surface area (Å²) in [5, 5.41) is 3.43. The molecule has 0 aromatic carbocycles. The SMILES string of the molecule is NCCNCCN(CCCCN(CCN(CN)CCN)CCN(CCN)CCN)CCN(CCN)CCN. The number of nitrogens with zero attached hydrogens (tertiary/aromatic N) is 5. The van der Waals surface area contributed by atoms with Crippen molar-refractivity contribution in [2.75, 3.05) is 151 Å². The molecule has 38 heavy (non-hydrogen) atoms. The molecule has 0 aliphatic carbocycles. The summed E-state index contributed by atoms with van der Waals surface area (Å²) < 4.78 is 0. The summed E-state index contributed by atoms with van der Waals surface area (Å²) in [5.41, 5.74) is 40.5. The Bertz CT molecular complexity index is 463. The van der Waals surface area contributed by atoms with Crippen LogP contribution in [0, 0.1) is 0 Å². The summed E-state index contributed by atoms with van der Waals surface area (Å²) in [5.74, 6) is 0. The van der Waals surface area contributed by atoms with E-state index in [0.717, 1.165) is 118 Å². The Hall–Kier alpha value is -0.520. The van der Waals surface area contributed by atoms with Crippen molar-refractivity contribution in [3.05, 3.63) is 0 Å². The van der Waals surface area contributed by atoms with Crippen molar-refractivity contribution in [1.29, 1.82) is 0 Å². The van der Waals surface area contributed by atoms with Crippen LogP contribution in [0.15, 0.2) is 0 Å². The van der Waals surface area contributed by atoms with E-state index in [1.165, 1.54) is 0 Å². The van der Waals surface area contributed by atoms with Gasteiger partial charge in [0.1, 0.15) is 0 Å². The van der Waals surface area contributed by atoms with Crippen LogP contribution in [0.3, 0.4) is 0 Å². The molecule has 15 N–H and O–H groups in total. The lowest BCUT2D eigenvalue weighted by Crippen LogP contribution is -2.44. The van der Waals surface area contributed by atoms with Gasteiger partial charge in [0, 0.05) is 138 Å². The van der Waals surface area contributed by atoms with Crippen LogP contribution >= 0.6 is 0 Å². The van der Waals surface area contributed by atoms with Crippen molar-refractivity contribution in [2.45, 2.75) is 12.8 Å². The van der Waals surface area contributed by atoms with Gasteiger partial charge in [-0.05, 0) is 25.9 Å². The fourth-order valence-corrected chi connectivity index (χ4v) is 4.53. The van der Waals surface area contributed by atoms with E-state index in [2.05, 4.69) is 29.8 Å². The maximum atomic E-state index is 5.93. The van der Waals surface area contributed by atoms with E-state index in [1.54, 1.807) is 0 Å². The molecular formula is C25H65N13. The van der Waals surface area contributed by atoms with Gasteiger partial charge < -0.3 is 55.3 Å². The predicted octanol–water partition coefficient (Wildman–Crippen LogP) is -4.47. The maximum Gasteiger partial charge on any atom is 0.0456 e. The van der Waals surface area contributed by atoms with Crippen LogP contribution in [-0.4, -0.2) is 175 Å². The molecule has 0 atom stereocenters. The average molecular weight is 548 g/mol. The number of unbranched alkanes of at least 4 members (excludes halogenated alkanes) is 1. The molecule has 0 aliphatic rings. The highest BCUT2D eigenvalue weighted by atomic mass is 15.2. The number of hydrogen-bond donors (Lipinski definition) is 8. The zero-order valence-electron chi connectivity index (χ0n) is 24.5. The average Bonchev–Trinajstić information content (AvgIpc) is 2.91. The topological polar surface area (TPSA) is 210 Å². The van der Waals surface area contributed by atoms with Gasteiger partial charge in [0.05, 0.1) is 0 Å². The predicted molar refractivity (Wildman–Crippen MR) is 163 cm³/mol. The molecule has 0 radical (unpaired) electrons. The van der Waals surface area contributed by atoms with Gasteiger partial charge >= 0.3 is 0 Å². The summed E-state index contributed by atoms with van der Waals surface area (Å²) in [6, 6.07) is 0. The van der Waals surface area contributed by atoms with Gasteiger partial charge in [-0.2, -0.15) is 0 Å². The fourth-order valence-electron chi connectivity index (χ4n) is 4.53. The fraction of sp³-hybridized carbons (Fsp3) is 1.00. The van der Waals surface area contributed by atoms with Gasteiger partial charge in [-0.15, -0.1) is 0 Å². The monoisotopic (exact) mass is 548 g/mol. The molecule has 0 bridgehead atoms. The van der Waals surface area contributed by atoms with Crippen molar-refractivity contribution in [2.24, 2.45) is 40.1 Å². The third-order valence-electron chi connectivity index (χ3n) is 6.81. The first kappa shape index (κ1) is 37.5. The van der Waals surface area contributed by atoms with Crippen LogP contribution in [0.5, 0.6) is 0 Å². The van der Waals surface area contributed by atoms with Gasteiger partial charge in [-0.1, -0.05) is 0 Å². The summed E-state index contributed by atoms with van der Waals surface area (Å²) in [7, 11) is 0. The minimum Gasteiger partial charge on any atom is -0.329 e. The molecule has 0 unspecified atom stereocenters. The van der Waals surface area contributed by atoms with Crippen LogP contribution in [0.4, 0.5) is 0 Å². The first-order chi connectivity index (χ1) is 18.6. The molecule has 0 rings (SSSR count). The zero-order valence-corrected chi connectivity index (χ0v) is 24.5. The summed E-state index contributed by atoms with van der Waals surface area (Å²) >= 11 is 0. The Balaban J connectivity index is 4.86. The van der Waals surface area contributed by atoms with Crippen molar-refractivity contribution in [3.8, 4) is 0 Å². The Morgan fingerprint density at radius 1 is 0.316 bits per heavy atom. The summed E-state index contributed by atoms with van der Waals surface area (Å²) in [4.78, 5) is 12.0. The van der Waals surface area contributed by atoms with Crippen molar-refractivity contribution in [3.63, 3.8) is 0 Å². The zero-order chi connectivity index (χ0) is 28.3. The molecule has 13 heteroatoms. The quantitative estimate of drug-likeness (QED) is 0.0315. The normalized spacial score (nSPS) is 12.3. The number of hydrogen-bond acceptors (Lipinski definition) is 13. The van der Waals surface area contributed by atoms with Crippen LogP contribution in [0.1, 0.15) is 12.8 Å². The molecule has 0 amide bonds. The maximum absolute atomic E-state index is 5.93. The summed E-state index contributed by atoms with van der Waals surface area (Å²) in [6.07, 6.45) is 2.30. The molecule has 0 aliphatic heterocycles. The van der Waals surface area contributed by atoms with Gasteiger partial charge in [0.25, 0.3) is 0 Å². The molecule has 13 nitrogen and oxygen atoms in total. The minimum absolute atomic E-state index is 0.538. The van der Waals surface area contributed by atoms with Crippen molar-refractivity contribution in [1.82, 2.24) is 29.8 Å². The number of rotatable bonds is 30. The van der Waals surface area contributed by atoms with Crippen LogP contribution < -0.4 is 45.5 Å². The standard InChI is InChI=1S/C25H65N13/c26-3-9-33-10-18-34(19-21-36(13-4-27)14-5-28)11-1-2-12-35(23-24-38(25-32)17-8-31)20-22-37(15-6-29)16-7-30/h33H,1-32H2. The van der Waals surface area contributed by atoms with E-state index in [9.17, 15) is 0 Å². The van der Waals surface area contributed by atoms with Gasteiger partial charge in [0.15, 0.2) is 0 Å². The Morgan fingerprint density at radius 2 is 0.658 bits per heavy atom. The number of nitrogens with one attached hydrogen (secondary N) is 1. The molecule has 0 spiro atoms. The highest BCUT2D eigenvalue weighted by Crippen LogP contribution is 2.02. The highest BCUT2D eigenvalue weighted by molar-refractivity contribution is 4.70. The molecule has 0 fully saturated rings. The second kappa shape index (κ2) is 28.0. The molecule has 0 saturated carbocycles. The highest BCUT2D eigenvalue weighted by Gasteiger charge is 2.12. The van der Waals surface area contributed by atoms with Gasteiger partial charge in [0.2, 0.25) is 0 Å². The third kappa shape index (κ3) is 21.3.